The first-order chi connectivity index (χ1) is 5.52. The molecule has 5 nitrogen and oxygen atoms in total. The van der Waals surface area contributed by atoms with Crippen LogP contribution in [0, 0.1) is 0 Å². The summed E-state index contributed by atoms with van der Waals surface area (Å²) in [5, 5.41) is 36.6. The minimum Gasteiger partial charge on any atom is -0.867 e. The number of phenolic OH excluding ortho intramolecular Hbond substituents is 2. The van der Waals surface area contributed by atoms with E-state index in [1.807, 2.05) is 0 Å². The Hall–Kier alpha value is -0.988. The Morgan fingerprint density at radius 1 is 1.23 bits per heavy atom. The summed E-state index contributed by atoms with van der Waals surface area (Å²) in [6, 6.07) is 1.56. The number of aromatic carboxylic acids is 1. The number of carboxylic acid groups (broad SMARTS) is 1. The predicted octanol–water partition coefficient (Wildman–Crippen LogP) is -0.511. The number of carboxylic acids is 1. The molecule has 1 rings (SSSR count). The SMILES string of the molecule is O=C(O)c1cc(O)c([O-])c(O)c1.[Tl+]. The first kappa shape index (κ1) is 12.0. The van der Waals surface area contributed by atoms with Crippen LogP contribution in [0.4, 0.5) is 0 Å². The normalized spacial score (nSPS) is 8.92. The van der Waals surface area contributed by atoms with Gasteiger partial charge in [-0.05, 0) is 17.9 Å². The number of hydrogen-bond donors (Lipinski definition) is 3. The van der Waals surface area contributed by atoms with Crippen LogP contribution in [0.1, 0.15) is 10.4 Å². The molecule has 0 aliphatic heterocycles. The van der Waals surface area contributed by atoms with E-state index < -0.39 is 23.2 Å². The van der Waals surface area contributed by atoms with E-state index in [0.29, 0.717) is 0 Å². The summed E-state index contributed by atoms with van der Waals surface area (Å²) in [5.41, 5.74) is -0.329. The van der Waals surface area contributed by atoms with Crippen molar-refractivity contribution in [3.63, 3.8) is 0 Å². The minimum atomic E-state index is -1.32. The summed E-state index contributed by atoms with van der Waals surface area (Å²) >= 11 is 0. The molecule has 0 atom stereocenters. The molecule has 3 N–H and O–H groups in total. The van der Waals surface area contributed by atoms with E-state index in [4.69, 9.17) is 15.3 Å². The van der Waals surface area contributed by atoms with Crippen LogP contribution in [0.25, 0.3) is 0 Å². The van der Waals surface area contributed by atoms with Gasteiger partial charge in [0.25, 0.3) is 0 Å². The fourth-order valence-corrected chi connectivity index (χ4v) is 0.722. The zero-order valence-corrected chi connectivity index (χ0v) is 10.9. The maximum Gasteiger partial charge on any atom is 1.00 e. The zero-order valence-electron chi connectivity index (χ0n) is 6.39. The van der Waals surface area contributed by atoms with Crippen molar-refractivity contribution in [3.8, 4) is 17.2 Å². The van der Waals surface area contributed by atoms with E-state index in [1.165, 1.54) is 0 Å². The van der Waals surface area contributed by atoms with E-state index in [1.54, 1.807) is 0 Å². The van der Waals surface area contributed by atoms with Crippen LogP contribution >= 0.6 is 0 Å². The molecule has 0 fully saturated rings. The molecule has 0 aliphatic rings. The molecule has 0 radical (unpaired) electrons. The molecule has 0 spiro atoms. The summed E-state index contributed by atoms with van der Waals surface area (Å²) in [5.74, 6) is -3.83. The van der Waals surface area contributed by atoms with Crippen LogP contribution in [0.2, 0.25) is 0 Å². The van der Waals surface area contributed by atoms with Gasteiger partial charge in [-0.1, -0.05) is 0 Å². The molecule has 0 unspecified atom stereocenters. The van der Waals surface area contributed by atoms with Gasteiger partial charge in [-0.3, -0.25) is 0 Å². The van der Waals surface area contributed by atoms with Gasteiger partial charge in [0, 0.05) is 0 Å². The maximum absolute atomic E-state index is 10.7. The van der Waals surface area contributed by atoms with E-state index >= 15 is 0 Å². The first-order valence-corrected chi connectivity index (χ1v) is 2.98. The van der Waals surface area contributed by atoms with Crippen LogP contribution in [0.5, 0.6) is 17.2 Å². The third kappa shape index (κ3) is 2.47. The average molecular weight is 373 g/mol. The Kier molecular flexibility index (Phi) is 3.98. The van der Waals surface area contributed by atoms with E-state index in [9.17, 15) is 9.90 Å². The third-order valence-electron chi connectivity index (χ3n) is 1.30. The number of benzene rings is 1. The molecule has 0 aromatic heterocycles. The number of rotatable bonds is 1. The standard InChI is InChI=1S/C7H6O5.Tl/c8-4-1-3(7(11)12)2-5(9)6(4)10;/h1-2,8-10H,(H,11,12);/q;+1/p-1. The molecule has 1 aromatic carbocycles. The molecule has 0 saturated heterocycles. The first-order valence-electron chi connectivity index (χ1n) is 2.98. The van der Waals surface area contributed by atoms with Crippen molar-refractivity contribution in [2.24, 2.45) is 0 Å². The molecular weight excluding hydrogens is 368 g/mol. The van der Waals surface area contributed by atoms with Gasteiger partial charge in [0.15, 0.2) is 0 Å². The van der Waals surface area contributed by atoms with Crippen molar-refractivity contribution in [1.29, 1.82) is 0 Å². The second-order valence-corrected chi connectivity index (χ2v) is 2.15. The molecule has 0 saturated carbocycles. The van der Waals surface area contributed by atoms with E-state index in [-0.39, 0.29) is 32.9 Å². The van der Waals surface area contributed by atoms with Gasteiger partial charge < -0.3 is 20.4 Å². The molecular formula is C7H5O5Tl. The zero-order chi connectivity index (χ0) is 9.30. The smallest absolute Gasteiger partial charge is 0.867 e. The van der Waals surface area contributed by atoms with Crippen LogP contribution in [-0.2, 0) is 0 Å². The third-order valence-corrected chi connectivity index (χ3v) is 1.30. The molecule has 1 aromatic rings. The molecule has 6 heteroatoms. The number of aromatic hydroxyl groups is 2. The molecule has 0 aliphatic carbocycles. The Bertz CT molecular complexity index is 313. The van der Waals surface area contributed by atoms with Gasteiger partial charge >= 0.3 is 33.3 Å². The molecule has 0 heterocycles. The van der Waals surface area contributed by atoms with Gasteiger partial charge in [0.05, 0.1) is 5.56 Å². The van der Waals surface area contributed by atoms with Crippen LogP contribution in [0.15, 0.2) is 12.1 Å². The van der Waals surface area contributed by atoms with Gasteiger partial charge in [0.2, 0.25) is 0 Å². The van der Waals surface area contributed by atoms with Crippen molar-refractivity contribution in [1.82, 2.24) is 0 Å². The summed E-state index contributed by atoms with van der Waals surface area (Å²) in [7, 11) is 0. The van der Waals surface area contributed by atoms with Gasteiger partial charge in [0.1, 0.15) is 11.5 Å². The summed E-state index contributed by atoms with van der Waals surface area (Å²) < 4.78 is 0. The fraction of sp³-hybridized carbons (Fsp3) is 0. The monoisotopic (exact) mass is 374 g/mol. The largest absolute Gasteiger partial charge is 1.00 e. The van der Waals surface area contributed by atoms with E-state index in [2.05, 4.69) is 0 Å². The fourth-order valence-electron chi connectivity index (χ4n) is 0.722. The Morgan fingerprint density at radius 3 is 1.92 bits per heavy atom. The van der Waals surface area contributed by atoms with Crippen molar-refractivity contribution >= 4 is 33.3 Å². The van der Waals surface area contributed by atoms with Crippen molar-refractivity contribution < 1.29 is 25.2 Å². The Balaban J connectivity index is 0.00000144. The van der Waals surface area contributed by atoms with Crippen LogP contribution < -0.4 is 5.11 Å². The second-order valence-electron chi connectivity index (χ2n) is 2.15. The Labute approximate surface area is 93.4 Å². The number of hydrogen-bond acceptors (Lipinski definition) is 4. The quantitative estimate of drug-likeness (QED) is 0.576. The molecule has 0 amide bonds. The van der Waals surface area contributed by atoms with Crippen molar-refractivity contribution in [2.75, 3.05) is 0 Å². The molecule has 13 heavy (non-hydrogen) atoms. The summed E-state index contributed by atoms with van der Waals surface area (Å²) in [6.45, 7) is 0. The van der Waals surface area contributed by atoms with Crippen LogP contribution in [-0.4, -0.2) is 48.6 Å². The number of phenols is 2. The predicted molar refractivity (Wildman–Crippen MR) is 41.9 cm³/mol. The topological polar surface area (TPSA) is 101 Å². The van der Waals surface area contributed by atoms with Gasteiger partial charge in [-0.25, -0.2) is 4.79 Å². The molecule has 66 valence electrons. The summed E-state index contributed by atoms with van der Waals surface area (Å²) in [4.78, 5) is 10.3. The van der Waals surface area contributed by atoms with Crippen LogP contribution in [0.3, 0.4) is 0 Å². The minimum absolute atomic E-state index is 0. The molecule has 0 bridgehead atoms. The van der Waals surface area contributed by atoms with Gasteiger partial charge in [-0.2, -0.15) is 0 Å². The maximum atomic E-state index is 10.7. The van der Waals surface area contributed by atoms with Crippen molar-refractivity contribution in [3.05, 3.63) is 17.7 Å². The second kappa shape index (κ2) is 4.31. The van der Waals surface area contributed by atoms with E-state index in [0.717, 1.165) is 12.1 Å². The summed E-state index contributed by atoms with van der Waals surface area (Å²) in [6.07, 6.45) is 0. The average Bonchev–Trinajstić information content (AvgIpc) is 1.99. The van der Waals surface area contributed by atoms with Crippen molar-refractivity contribution in [2.45, 2.75) is 0 Å². The van der Waals surface area contributed by atoms with Gasteiger partial charge in [-0.15, -0.1) is 0 Å². The Morgan fingerprint density at radius 2 is 1.62 bits per heavy atom. The number of carbonyl (C=O) groups is 1.